The van der Waals surface area contributed by atoms with E-state index in [-0.39, 0.29) is 41.9 Å². The molecule has 4 amide bonds. The number of piperidine rings is 1. The van der Waals surface area contributed by atoms with Crippen LogP contribution in [0.4, 0.5) is 11.6 Å². The quantitative estimate of drug-likeness (QED) is 0.116. The van der Waals surface area contributed by atoms with Crippen molar-refractivity contribution in [1.29, 1.82) is 0 Å². The summed E-state index contributed by atoms with van der Waals surface area (Å²) >= 11 is 0. The molecule has 14 nitrogen and oxygen atoms in total. The molecule has 6 rings (SSSR count). The molecule has 276 valence electrons. The number of nitrogens with one attached hydrogen (secondary N) is 3. The van der Waals surface area contributed by atoms with Crippen LogP contribution >= 0.6 is 0 Å². The number of amides is 4. The number of benzene rings is 3. The Morgan fingerprint density at radius 3 is 2.23 bits per heavy atom. The molecule has 0 bridgehead atoms. The number of sulfonamides is 1. The van der Waals surface area contributed by atoms with Crippen LogP contribution in [-0.4, -0.2) is 72.4 Å². The first-order valence-corrected chi connectivity index (χ1v) is 19.0. The second-order valence-electron chi connectivity index (χ2n) is 13.4. The summed E-state index contributed by atoms with van der Waals surface area (Å²) in [5.74, 6) is -0.739. The first-order chi connectivity index (χ1) is 25.3. The summed E-state index contributed by atoms with van der Waals surface area (Å²) in [4.78, 5) is 59.4. The summed E-state index contributed by atoms with van der Waals surface area (Å²) < 4.78 is 37.0. The number of anilines is 2. The van der Waals surface area contributed by atoms with Crippen LogP contribution < -0.4 is 24.8 Å². The number of fused-ring (bicyclic) bond motifs is 1. The average molecular weight is 741 g/mol. The highest BCUT2D eigenvalue weighted by atomic mass is 32.2. The second-order valence-corrected chi connectivity index (χ2v) is 15.1. The second kappa shape index (κ2) is 15.4. The lowest BCUT2D eigenvalue weighted by Crippen LogP contribution is -2.54. The first-order valence-electron chi connectivity index (χ1n) is 17.1. The highest BCUT2D eigenvalue weighted by molar-refractivity contribution is 7.92. The lowest BCUT2D eigenvalue weighted by atomic mass is 9.78. The molecule has 3 aromatic carbocycles. The Balaban J connectivity index is 0.955. The first kappa shape index (κ1) is 36.9. The molecule has 0 radical (unpaired) electrons. The molecule has 15 heteroatoms. The van der Waals surface area contributed by atoms with E-state index in [4.69, 9.17) is 9.47 Å². The number of hydrogen-bond acceptors (Lipinski definition) is 11. The summed E-state index contributed by atoms with van der Waals surface area (Å²) in [7, 11) is -3.49. The fourth-order valence-electron chi connectivity index (χ4n) is 6.25. The van der Waals surface area contributed by atoms with Crippen molar-refractivity contribution in [2.24, 2.45) is 0 Å². The van der Waals surface area contributed by atoms with Crippen molar-refractivity contribution in [2.75, 3.05) is 29.4 Å². The Bertz CT molecular complexity index is 2140. The molecule has 4 aromatic rings. The van der Waals surface area contributed by atoms with Gasteiger partial charge >= 0.3 is 0 Å². The van der Waals surface area contributed by atoms with Gasteiger partial charge in [0.1, 0.15) is 24.1 Å². The number of hydrogen-bond donors (Lipinski definition) is 3. The topological polar surface area (TPSA) is 186 Å². The molecular weight excluding hydrogens is 701 g/mol. The van der Waals surface area contributed by atoms with Crippen molar-refractivity contribution in [3.63, 3.8) is 0 Å². The van der Waals surface area contributed by atoms with Crippen LogP contribution in [-0.2, 0) is 31.6 Å². The predicted octanol–water partition coefficient (Wildman–Crippen LogP) is 4.43. The zero-order chi connectivity index (χ0) is 37.8. The van der Waals surface area contributed by atoms with Gasteiger partial charge in [-0.2, -0.15) is 0 Å². The van der Waals surface area contributed by atoms with Crippen LogP contribution in [0.2, 0.25) is 0 Å². The van der Waals surface area contributed by atoms with E-state index in [0.29, 0.717) is 30.3 Å². The number of aromatic nitrogens is 2. The van der Waals surface area contributed by atoms with Crippen molar-refractivity contribution >= 4 is 45.3 Å². The Labute approximate surface area is 307 Å². The van der Waals surface area contributed by atoms with E-state index in [0.717, 1.165) is 40.9 Å². The van der Waals surface area contributed by atoms with E-state index in [9.17, 15) is 27.6 Å². The Morgan fingerprint density at radius 2 is 1.57 bits per heavy atom. The minimum atomic E-state index is -3.49. The van der Waals surface area contributed by atoms with Crippen molar-refractivity contribution in [3.8, 4) is 11.5 Å². The van der Waals surface area contributed by atoms with E-state index in [2.05, 4.69) is 39.2 Å². The van der Waals surface area contributed by atoms with Crippen LogP contribution in [0.3, 0.4) is 0 Å². The zero-order valence-corrected chi connectivity index (χ0v) is 30.4. The number of nitrogens with zero attached hydrogens (tertiary/aromatic N) is 3. The maximum atomic E-state index is 13.3. The van der Waals surface area contributed by atoms with E-state index >= 15 is 0 Å². The molecule has 1 aromatic heterocycles. The minimum Gasteiger partial charge on any atom is -0.494 e. The highest BCUT2D eigenvalue weighted by Gasteiger charge is 2.45. The summed E-state index contributed by atoms with van der Waals surface area (Å²) in [6.07, 6.45) is 4.17. The van der Waals surface area contributed by atoms with Crippen LogP contribution in [0.1, 0.15) is 77.1 Å². The van der Waals surface area contributed by atoms with E-state index in [1.165, 1.54) is 6.20 Å². The summed E-state index contributed by atoms with van der Waals surface area (Å²) in [5, 5.41) is 5.47. The van der Waals surface area contributed by atoms with Gasteiger partial charge in [-0.1, -0.05) is 44.2 Å². The minimum absolute atomic E-state index is 0.00932. The number of rotatable bonds is 15. The van der Waals surface area contributed by atoms with Gasteiger partial charge < -0.3 is 14.8 Å². The molecular formula is C38H40N6O8S. The summed E-state index contributed by atoms with van der Waals surface area (Å²) in [6, 6.07) is 21.4. The molecule has 2 aliphatic rings. The maximum absolute atomic E-state index is 13.3. The fraction of sp³-hybridized carbons (Fsp3) is 0.316. The molecule has 53 heavy (non-hydrogen) atoms. The van der Waals surface area contributed by atoms with Gasteiger partial charge in [-0.25, -0.2) is 18.4 Å². The number of unbranched alkanes of at least 4 members (excludes halogenated alkanes) is 1. The van der Waals surface area contributed by atoms with Gasteiger partial charge in [0.2, 0.25) is 27.8 Å². The van der Waals surface area contributed by atoms with Crippen molar-refractivity contribution in [3.05, 3.63) is 107 Å². The smallest absolute Gasteiger partial charge is 0.264 e. The molecule has 1 fully saturated rings. The van der Waals surface area contributed by atoms with Crippen molar-refractivity contribution < 1.29 is 37.1 Å². The maximum Gasteiger partial charge on any atom is 0.264 e. The third-order valence-electron chi connectivity index (χ3n) is 9.15. The lowest BCUT2D eigenvalue weighted by molar-refractivity contribution is -0.136. The molecule has 1 saturated heterocycles. The molecule has 0 spiro atoms. The van der Waals surface area contributed by atoms with Crippen molar-refractivity contribution in [1.82, 2.24) is 20.2 Å². The van der Waals surface area contributed by atoms with Gasteiger partial charge in [0.15, 0.2) is 0 Å². The third-order valence-corrected chi connectivity index (χ3v) is 9.71. The SMILES string of the molecule is CC(C)(c1ccc(OCCCCNc2cccc3c2C(=O)N(C2CCC(=O)NC2=O)C3=O)cc1)c1ccc(OCc2ccnc(NS(C)(=O)=O)n2)cc1. The molecule has 0 aliphatic carbocycles. The Kier molecular flexibility index (Phi) is 10.7. The molecule has 3 N–H and O–H groups in total. The van der Waals surface area contributed by atoms with Gasteiger partial charge in [-0.05, 0) is 72.9 Å². The van der Waals surface area contributed by atoms with Gasteiger partial charge in [0, 0.05) is 30.3 Å². The van der Waals surface area contributed by atoms with Gasteiger partial charge in [-0.15, -0.1) is 0 Å². The highest BCUT2D eigenvalue weighted by Crippen LogP contribution is 2.34. The number of carbonyl (C=O) groups is 4. The summed E-state index contributed by atoms with van der Waals surface area (Å²) in [5.41, 5.74) is 3.43. The van der Waals surface area contributed by atoms with Gasteiger partial charge in [-0.3, -0.25) is 34.1 Å². The molecule has 1 unspecified atom stereocenters. The number of carbonyl (C=O) groups excluding carboxylic acids is 4. The fourth-order valence-corrected chi connectivity index (χ4v) is 6.68. The van der Waals surface area contributed by atoms with Crippen LogP contribution in [0.15, 0.2) is 79.0 Å². The van der Waals surface area contributed by atoms with Crippen LogP contribution in [0.5, 0.6) is 11.5 Å². The number of imide groups is 2. The Morgan fingerprint density at radius 1 is 0.887 bits per heavy atom. The van der Waals surface area contributed by atoms with Gasteiger partial charge in [0.25, 0.3) is 11.8 Å². The normalized spacial score (nSPS) is 15.9. The third kappa shape index (κ3) is 8.63. The van der Waals surface area contributed by atoms with E-state index < -0.39 is 39.7 Å². The molecule has 1 atom stereocenters. The monoisotopic (exact) mass is 740 g/mol. The lowest BCUT2D eigenvalue weighted by Gasteiger charge is -2.27. The standard InChI is InChI=1S/C38H40N6O8S/c1-38(2,25-11-15-28(16-12-25)52-23-26-19-21-40-37(41-26)43-53(3,49)50)24-9-13-27(14-10-24)51-22-5-4-20-39-30-8-6-7-29-33(30)36(48)44(35(29)47)31-17-18-32(45)42-34(31)46/h6-16,19,21,31,39H,4-5,17-18,20,22-23H2,1-3H3,(H,40,41,43)(H,42,45,46). The predicted molar refractivity (Wildman–Crippen MR) is 196 cm³/mol. The number of ether oxygens (including phenoxy) is 2. The molecule has 3 heterocycles. The van der Waals surface area contributed by atoms with Crippen LogP contribution in [0.25, 0.3) is 0 Å². The Hall–Kier alpha value is -5.83. The summed E-state index contributed by atoms with van der Waals surface area (Å²) in [6.45, 7) is 5.46. The van der Waals surface area contributed by atoms with E-state index in [1.54, 1.807) is 24.3 Å². The van der Waals surface area contributed by atoms with E-state index in [1.807, 2.05) is 48.5 Å². The zero-order valence-electron chi connectivity index (χ0n) is 29.5. The van der Waals surface area contributed by atoms with Crippen molar-refractivity contribution in [2.45, 2.75) is 57.6 Å². The molecule has 2 aliphatic heterocycles. The van der Waals surface area contributed by atoms with Crippen LogP contribution in [0, 0.1) is 0 Å². The largest absolute Gasteiger partial charge is 0.494 e. The average Bonchev–Trinajstić information content (AvgIpc) is 3.38. The van der Waals surface area contributed by atoms with Gasteiger partial charge in [0.05, 0.1) is 29.7 Å². The molecule has 0 saturated carbocycles.